The van der Waals surface area contributed by atoms with Gasteiger partial charge in [0.2, 0.25) is 0 Å². The predicted octanol–water partition coefficient (Wildman–Crippen LogP) is 2.37. The molecule has 0 amide bonds. The molecule has 0 spiro atoms. The van der Waals surface area contributed by atoms with E-state index in [1.54, 1.807) is 6.92 Å². The number of nitrogens with two attached hydrogens (primary N) is 1. The highest BCUT2D eigenvalue weighted by Gasteiger charge is 2.26. The van der Waals surface area contributed by atoms with Crippen LogP contribution in [0.4, 0.5) is 14.5 Å². The van der Waals surface area contributed by atoms with Crippen molar-refractivity contribution in [3.63, 3.8) is 0 Å². The molecule has 6 heteroatoms. The molecular formula is C11H15F2NO2S. The Balaban J connectivity index is 3.25. The molecule has 2 N–H and O–H groups in total. The second-order valence-corrected chi connectivity index (χ2v) is 6.08. The van der Waals surface area contributed by atoms with E-state index in [0.717, 1.165) is 12.1 Å². The topological polar surface area (TPSA) is 60.2 Å². The first-order valence-electron chi connectivity index (χ1n) is 5.25. The summed E-state index contributed by atoms with van der Waals surface area (Å²) in [6, 6.07) is 1.62. The smallest absolute Gasteiger partial charge is 0.184 e. The molecule has 0 heterocycles. The second-order valence-electron chi connectivity index (χ2n) is 4.11. The zero-order valence-corrected chi connectivity index (χ0v) is 10.5. The van der Waals surface area contributed by atoms with Gasteiger partial charge in [0.1, 0.15) is 16.5 Å². The van der Waals surface area contributed by atoms with E-state index in [0.29, 0.717) is 6.42 Å². The van der Waals surface area contributed by atoms with Gasteiger partial charge in [-0.25, -0.2) is 17.2 Å². The van der Waals surface area contributed by atoms with Crippen molar-refractivity contribution in [1.82, 2.24) is 0 Å². The molecule has 1 aromatic carbocycles. The largest absolute Gasteiger partial charge is 0.399 e. The summed E-state index contributed by atoms with van der Waals surface area (Å²) in [7, 11) is -3.96. The minimum Gasteiger partial charge on any atom is -0.399 e. The maximum absolute atomic E-state index is 13.5. The third-order valence-electron chi connectivity index (χ3n) is 2.53. The van der Waals surface area contributed by atoms with Gasteiger partial charge in [-0.1, -0.05) is 20.3 Å². The Morgan fingerprint density at radius 1 is 1.29 bits per heavy atom. The summed E-state index contributed by atoms with van der Waals surface area (Å²) in [5, 5.41) is 0. The second kappa shape index (κ2) is 5.00. The SMILES string of the molecule is CCC(C)CS(=O)(=O)c1c(F)cc(N)cc1F. The van der Waals surface area contributed by atoms with Crippen LogP contribution in [0.15, 0.2) is 17.0 Å². The maximum Gasteiger partial charge on any atom is 0.184 e. The highest BCUT2D eigenvalue weighted by atomic mass is 32.2. The third-order valence-corrected chi connectivity index (χ3v) is 4.55. The van der Waals surface area contributed by atoms with Crippen LogP contribution in [0.1, 0.15) is 20.3 Å². The first kappa shape index (κ1) is 13.9. The Morgan fingerprint density at radius 2 is 1.76 bits per heavy atom. The van der Waals surface area contributed by atoms with Crippen LogP contribution in [0.5, 0.6) is 0 Å². The number of rotatable bonds is 4. The van der Waals surface area contributed by atoms with Gasteiger partial charge < -0.3 is 5.73 Å². The fourth-order valence-electron chi connectivity index (χ4n) is 1.45. The molecule has 0 saturated heterocycles. The molecule has 17 heavy (non-hydrogen) atoms. The molecule has 96 valence electrons. The van der Waals surface area contributed by atoms with Gasteiger partial charge in [-0.2, -0.15) is 0 Å². The predicted molar refractivity (Wildman–Crippen MR) is 62.3 cm³/mol. The lowest BCUT2D eigenvalue weighted by Crippen LogP contribution is -2.16. The lowest BCUT2D eigenvalue weighted by atomic mass is 10.2. The Kier molecular flexibility index (Phi) is 4.08. The van der Waals surface area contributed by atoms with Crippen molar-refractivity contribution in [2.45, 2.75) is 25.2 Å². The lowest BCUT2D eigenvalue weighted by Gasteiger charge is -2.11. The van der Waals surface area contributed by atoms with Crippen LogP contribution in [0.25, 0.3) is 0 Å². The van der Waals surface area contributed by atoms with E-state index in [4.69, 9.17) is 5.73 Å². The number of anilines is 1. The minimum absolute atomic E-state index is 0.137. The molecule has 0 radical (unpaired) electrons. The van der Waals surface area contributed by atoms with Gasteiger partial charge in [-0.3, -0.25) is 0 Å². The van der Waals surface area contributed by atoms with E-state index in [1.165, 1.54) is 0 Å². The summed E-state index contributed by atoms with van der Waals surface area (Å²) in [4.78, 5) is -0.882. The highest BCUT2D eigenvalue weighted by molar-refractivity contribution is 7.91. The van der Waals surface area contributed by atoms with Gasteiger partial charge >= 0.3 is 0 Å². The highest BCUT2D eigenvalue weighted by Crippen LogP contribution is 2.24. The molecule has 0 aliphatic carbocycles. The van der Waals surface area contributed by atoms with Crippen LogP contribution >= 0.6 is 0 Å². The zero-order chi connectivity index (χ0) is 13.2. The van der Waals surface area contributed by atoms with E-state index >= 15 is 0 Å². The van der Waals surface area contributed by atoms with Crippen molar-refractivity contribution in [2.24, 2.45) is 5.92 Å². The summed E-state index contributed by atoms with van der Waals surface area (Å²) in [5.41, 5.74) is 5.09. The van der Waals surface area contributed by atoms with Crippen LogP contribution in [0, 0.1) is 17.6 Å². The summed E-state index contributed by atoms with van der Waals surface area (Å²) in [6.45, 7) is 3.53. The van der Waals surface area contributed by atoms with Crippen LogP contribution in [0.3, 0.4) is 0 Å². The summed E-state index contributed by atoms with van der Waals surface area (Å²) >= 11 is 0. The molecule has 1 aromatic rings. The molecule has 0 aliphatic rings. The Hall–Kier alpha value is -1.17. The van der Waals surface area contributed by atoms with Crippen molar-refractivity contribution in [2.75, 3.05) is 11.5 Å². The van der Waals surface area contributed by atoms with Gasteiger partial charge in [-0.15, -0.1) is 0 Å². The standard InChI is InChI=1S/C11H15F2NO2S/c1-3-7(2)6-17(15,16)11-9(12)4-8(14)5-10(11)13/h4-5,7H,3,6,14H2,1-2H3. The molecule has 1 unspecified atom stereocenters. The molecule has 0 saturated carbocycles. The van der Waals surface area contributed by atoms with Gasteiger partial charge in [0.05, 0.1) is 5.75 Å². The van der Waals surface area contributed by atoms with Crippen LogP contribution in [-0.4, -0.2) is 14.2 Å². The van der Waals surface area contributed by atoms with Crippen molar-refractivity contribution in [1.29, 1.82) is 0 Å². The van der Waals surface area contributed by atoms with Crippen molar-refractivity contribution < 1.29 is 17.2 Å². The maximum atomic E-state index is 13.5. The number of nitrogen functional groups attached to an aromatic ring is 1. The van der Waals surface area contributed by atoms with Gasteiger partial charge in [0.15, 0.2) is 9.84 Å². The third kappa shape index (κ3) is 3.15. The molecule has 0 fully saturated rings. The van der Waals surface area contributed by atoms with E-state index in [1.807, 2.05) is 6.92 Å². The van der Waals surface area contributed by atoms with Crippen LogP contribution < -0.4 is 5.73 Å². The molecule has 0 bridgehead atoms. The molecule has 0 aliphatic heterocycles. The van der Waals surface area contributed by atoms with E-state index in [-0.39, 0.29) is 17.4 Å². The average Bonchev–Trinajstić information content (AvgIpc) is 2.14. The number of hydrogen-bond donors (Lipinski definition) is 1. The summed E-state index contributed by atoms with van der Waals surface area (Å²) in [5.74, 6) is -2.70. The number of halogens is 2. The van der Waals surface area contributed by atoms with Gasteiger partial charge in [0, 0.05) is 5.69 Å². The summed E-state index contributed by atoms with van der Waals surface area (Å²) < 4.78 is 50.6. The lowest BCUT2D eigenvalue weighted by molar-refractivity contribution is 0.512. The molecular weight excluding hydrogens is 248 g/mol. The van der Waals surface area contributed by atoms with Crippen molar-refractivity contribution in [3.8, 4) is 0 Å². The monoisotopic (exact) mass is 263 g/mol. The van der Waals surface area contributed by atoms with Crippen LogP contribution in [-0.2, 0) is 9.84 Å². The number of sulfone groups is 1. The number of hydrogen-bond acceptors (Lipinski definition) is 3. The average molecular weight is 263 g/mol. The van der Waals surface area contributed by atoms with E-state index < -0.39 is 26.4 Å². The Morgan fingerprint density at radius 3 is 2.18 bits per heavy atom. The Labute approximate surface area is 99.6 Å². The van der Waals surface area contributed by atoms with E-state index in [2.05, 4.69) is 0 Å². The quantitative estimate of drug-likeness (QED) is 0.848. The minimum atomic E-state index is -3.96. The molecule has 1 rings (SSSR count). The first-order chi connectivity index (χ1) is 7.77. The van der Waals surface area contributed by atoms with Crippen LogP contribution in [0.2, 0.25) is 0 Å². The fourth-order valence-corrected chi connectivity index (χ4v) is 3.32. The first-order valence-corrected chi connectivity index (χ1v) is 6.90. The Bertz CT molecular complexity index is 491. The summed E-state index contributed by atoms with van der Waals surface area (Å²) in [6.07, 6.45) is 0.622. The van der Waals surface area contributed by atoms with Gasteiger partial charge in [-0.05, 0) is 18.1 Å². The zero-order valence-electron chi connectivity index (χ0n) is 9.70. The van der Waals surface area contributed by atoms with Crippen molar-refractivity contribution >= 4 is 15.5 Å². The fraction of sp³-hybridized carbons (Fsp3) is 0.455. The normalized spacial score (nSPS) is 13.6. The molecule has 0 aromatic heterocycles. The van der Waals surface area contributed by atoms with E-state index in [9.17, 15) is 17.2 Å². The molecule has 3 nitrogen and oxygen atoms in total. The van der Waals surface area contributed by atoms with Crippen molar-refractivity contribution in [3.05, 3.63) is 23.8 Å². The molecule has 1 atom stereocenters. The van der Waals surface area contributed by atoms with Gasteiger partial charge in [0.25, 0.3) is 0 Å². The number of benzene rings is 1.